The van der Waals surface area contributed by atoms with Crippen LogP contribution in [0.15, 0.2) is 54.6 Å². The predicted molar refractivity (Wildman–Crippen MR) is 123 cm³/mol. The zero-order chi connectivity index (χ0) is 20.9. The van der Waals surface area contributed by atoms with Crippen molar-refractivity contribution in [1.82, 2.24) is 9.97 Å². The Morgan fingerprint density at radius 1 is 0.967 bits per heavy atom. The maximum atomic E-state index is 5.54. The van der Waals surface area contributed by atoms with Gasteiger partial charge in [0.2, 0.25) is 0 Å². The number of benzene rings is 2. The topological polar surface area (TPSA) is 56.3 Å². The van der Waals surface area contributed by atoms with Crippen molar-refractivity contribution in [2.24, 2.45) is 0 Å². The Balaban J connectivity index is 1.65. The van der Waals surface area contributed by atoms with Crippen LogP contribution in [0.1, 0.15) is 28.8 Å². The Morgan fingerprint density at radius 3 is 2.53 bits per heavy atom. The lowest BCUT2D eigenvalue weighted by atomic mass is 10.1. The van der Waals surface area contributed by atoms with Crippen molar-refractivity contribution in [3.05, 3.63) is 76.4 Å². The molecule has 2 aromatic heterocycles. The van der Waals surface area contributed by atoms with Crippen LogP contribution in [0.4, 0.5) is 5.82 Å². The first-order valence-electron chi connectivity index (χ1n) is 9.98. The minimum absolute atomic E-state index is 0.599. The van der Waals surface area contributed by atoms with Crippen LogP contribution in [0.3, 0.4) is 0 Å². The van der Waals surface area contributed by atoms with Gasteiger partial charge in [-0.2, -0.15) is 0 Å². The van der Waals surface area contributed by atoms with Crippen molar-refractivity contribution in [2.75, 3.05) is 19.5 Å². The van der Waals surface area contributed by atoms with E-state index in [-0.39, 0.29) is 0 Å². The number of fused-ring (bicyclic) bond motifs is 1. The average molecular weight is 420 g/mol. The van der Waals surface area contributed by atoms with Crippen LogP contribution >= 0.6 is 11.3 Å². The highest BCUT2D eigenvalue weighted by Gasteiger charge is 2.13. The summed E-state index contributed by atoms with van der Waals surface area (Å²) < 4.78 is 10.8. The summed E-state index contributed by atoms with van der Waals surface area (Å²) in [5, 5.41) is 4.58. The minimum Gasteiger partial charge on any atom is -0.497 e. The van der Waals surface area contributed by atoms with Gasteiger partial charge in [0.15, 0.2) is 0 Å². The number of rotatable bonds is 8. The molecule has 0 saturated heterocycles. The van der Waals surface area contributed by atoms with Gasteiger partial charge in [-0.05, 0) is 30.2 Å². The van der Waals surface area contributed by atoms with E-state index in [0.717, 1.165) is 45.3 Å². The molecule has 0 spiro atoms. The lowest BCUT2D eigenvalue weighted by Gasteiger charge is -2.13. The minimum atomic E-state index is 0.599. The van der Waals surface area contributed by atoms with E-state index in [9.17, 15) is 0 Å². The Bertz CT molecular complexity index is 1140. The lowest BCUT2D eigenvalue weighted by Crippen LogP contribution is -2.06. The van der Waals surface area contributed by atoms with Crippen LogP contribution in [-0.4, -0.2) is 24.2 Å². The van der Waals surface area contributed by atoms with Crippen LogP contribution in [-0.2, 0) is 19.4 Å². The zero-order valence-electron chi connectivity index (χ0n) is 17.4. The molecule has 0 saturated carbocycles. The lowest BCUT2D eigenvalue weighted by molar-refractivity contribution is 0.391. The summed E-state index contributed by atoms with van der Waals surface area (Å²) >= 11 is 1.74. The SMILES string of the molecule is CCc1cc2c(NCc3ccc(OC)cc3OC)nc(Cc3ccccc3)nc2s1. The molecule has 0 aliphatic rings. The molecule has 154 valence electrons. The molecule has 0 fully saturated rings. The van der Waals surface area contributed by atoms with E-state index in [2.05, 4.69) is 30.4 Å². The molecular weight excluding hydrogens is 394 g/mol. The zero-order valence-corrected chi connectivity index (χ0v) is 18.3. The molecule has 4 aromatic rings. The summed E-state index contributed by atoms with van der Waals surface area (Å²) in [5.41, 5.74) is 2.24. The Morgan fingerprint density at radius 2 is 1.80 bits per heavy atom. The second kappa shape index (κ2) is 9.13. The molecule has 0 unspecified atom stereocenters. The van der Waals surface area contributed by atoms with E-state index in [1.165, 1.54) is 10.4 Å². The van der Waals surface area contributed by atoms with Crippen molar-refractivity contribution in [2.45, 2.75) is 26.3 Å². The quantitative estimate of drug-likeness (QED) is 0.410. The fourth-order valence-corrected chi connectivity index (χ4v) is 4.34. The fourth-order valence-electron chi connectivity index (χ4n) is 3.36. The molecule has 5 nitrogen and oxygen atoms in total. The molecule has 0 atom stereocenters. The number of ether oxygens (including phenoxy) is 2. The van der Waals surface area contributed by atoms with Gasteiger partial charge in [-0.3, -0.25) is 0 Å². The van der Waals surface area contributed by atoms with Gasteiger partial charge in [0, 0.05) is 29.5 Å². The molecule has 0 amide bonds. The monoisotopic (exact) mass is 419 g/mol. The fraction of sp³-hybridized carbons (Fsp3) is 0.250. The van der Waals surface area contributed by atoms with Gasteiger partial charge in [0.25, 0.3) is 0 Å². The van der Waals surface area contributed by atoms with Crippen molar-refractivity contribution in [3.63, 3.8) is 0 Å². The molecular formula is C24H25N3O2S. The molecule has 0 bridgehead atoms. The predicted octanol–water partition coefficient (Wildman–Crippen LogP) is 5.47. The molecule has 0 aliphatic heterocycles. The number of aryl methyl sites for hydroxylation is 1. The third-order valence-electron chi connectivity index (χ3n) is 4.98. The highest BCUT2D eigenvalue weighted by molar-refractivity contribution is 7.18. The third-order valence-corrected chi connectivity index (χ3v) is 6.16. The summed E-state index contributed by atoms with van der Waals surface area (Å²) in [7, 11) is 3.33. The number of hydrogen-bond donors (Lipinski definition) is 1. The van der Waals surface area contributed by atoms with E-state index < -0.39 is 0 Å². The van der Waals surface area contributed by atoms with E-state index in [1.54, 1.807) is 25.6 Å². The van der Waals surface area contributed by atoms with Crippen LogP contribution in [0.5, 0.6) is 11.5 Å². The van der Waals surface area contributed by atoms with E-state index in [1.807, 2.05) is 36.4 Å². The van der Waals surface area contributed by atoms with Gasteiger partial charge >= 0.3 is 0 Å². The number of methoxy groups -OCH3 is 2. The average Bonchev–Trinajstić information content (AvgIpc) is 3.21. The summed E-state index contributed by atoms with van der Waals surface area (Å²) in [6.07, 6.45) is 1.69. The molecule has 2 heterocycles. The van der Waals surface area contributed by atoms with Gasteiger partial charge in [0.05, 0.1) is 19.6 Å². The van der Waals surface area contributed by atoms with Gasteiger partial charge in [-0.1, -0.05) is 37.3 Å². The highest BCUT2D eigenvalue weighted by atomic mass is 32.1. The normalized spacial score (nSPS) is 10.9. The summed E-state index contributed by atoms with van der Waals surface area (Å²) in [4.78, 5) is 12.0. The van der Waals surface area contributed by atoms with E-state index in [0.29, 0.717) is 13.0 Å². The summed E-state index contributed by atoms with van der Waals surface area (Å²) in [6.45, 7) is 2.76. The highest BCUT2D eigenvalue weighted by Crippen LogP contribution is 2.31. The number of anilines is 1. The molecule has 6 heteroatoms. The molecule has 2 aromatic carbocycles. The Labute approximate surface area is 180 Å². The van der Waals surface area contributed by atoms with Crippen molar-refractivity contribution in [3.8, 4) is 11.5 Å². The Hall–Kier alpha value is -3.12. The first-order valence-corrected chi connectivity index (χ1v) is 10.8. The first-order chi connectivity index (χ1) is 14.7. The number of hydrogen-bond acceptors (Lipinski definition) is 6. The maximum absolute atomic E-state index is 5.54. The van der Waals surface area contributed by atoms with Crippen LogP contribution in [0.2, 0.25) is 0 Å². The number of thiophene rings is 1. The second-order valence-electron chi connectivity index (χ2n) is 6.97. The van der Waals surface area contributed by atoms with Gasteiger partial charge < -0.3 is 14.8 Å². The Kier molecular flexibility index (Phi) is 6.14. The second-order valence-corrected chi connectivity index (χ2v) is 8.08. The maximum Gasteiger partial charge on any atom is 0.138 e. The van der Waals surface area contributed by atoms with Gasteiger partial charge in [-0.25, -0.2) is 9.97 Å². The first kappa shape index (κ1) is 20.2. The van der Waals surface area contributed by atoms with Crippen molar-refractivity contribution in [1.29, 1.82) is 0 Å². The van der Waals surface area contributed by atoms with Crippen molar-refractivity contribution < 1.29 is 9.47 Å². The smallest absolute Gasteiger partial charge is 0.138 e. The standard InChI is InChI=1S/C24H25N3O2S/c1-4-19-14-20-23(25-15-17-10-11-18(28-2)13-21(17)29-3)26-22(27-24(20)30-19)12-16-8-6-5-7-9-16/h5-11,13-14H,4,12,15H2,1-3H3,(H,25,26,27). The molecule has 4 rings (SSSR count). The van der Waals surface area contributed by atoms with Crippen LogP contribution in [0.25, 0.3) is 10.2 Å². The largest absolute Gasteiger partial charge is 0.497 e. The van der Waals surface area contributed by atoms with Gasteiger partial charge in [-0.15, -0.1) is 11.3 Å². The van der Waals surface area contributed by atoms with E-state index >= 15 is 0 Å². The van der Waals surface area contributed by atoms with E-state index in [4.69, 9.17) is 19.4 Å². The number of nitrogens with zero attached hydrogens (tertiary/aromatic N) is 2. The van der Waals surface area contributed by atoms with Crippen LogP contribution in [0, 0.1) is 0 Å². The molecule has 1 N–H and O–H groups in total. The van der Waals surface area contributed by atoms with Crippen molar-refractivity contribution >= 4 is 27.4 Å². The summed E-state index contributed by atoms with van der Waals surface area (Å²) in [6, 6.07) is 18.4. The number of nitrogens with one attached hydrogen (secondary N) is 1. The molecule has 30 heavy (non-hydrogen) atoms. The molecule has 0 radical (unpaired) electrons. The molecule has 0 aliphatic carbocycles. The van der Waals surface area contributed by atoms with Crippen LogP contribution < -0.4 is 14.8 Å². The van der Waals surface area contributed by atoms with Gasteiger partial charge in [0.1, 0.15) is 28.0 Å². The third kappa shape index (κ3) is 4.39. The summed E-state index contributed by atoms with van der Waals surface area (Å²) in [5.74, 6) is 3.24. The number of aromatic nitrogens is 2.